The molecule has 1 aliphatic heterocycles. The molecule has 5 nitrogen and oxygen atoms in total. The highest BCUT2D eigenvalue weighted by atomic mass is 32.2. The number of hydrogen-bond acceptors (Lipinski definition) is 5. The molecule has 2 heterocycles. The fraction of sp³-hybridized carbons (Fsp3) is 0.588. The molecule has 1 aliphatic rings. The topological polar surface area (TPSA) is 62.3 Å². The number of hydrogen-bond donors (Lipinski definition) is 1. The van der Waals surface area contributed by atoms with Crippen LogP contribution in [0.15, 0.2) is 24.3 Å². The van der Waals surface area contributed by atoms with E-state index in [2.05, 4.69) is 15.7 Å². The maximum atomic E-state index is 11.9. The van der Waals surface area contributed by atoms with E-state index in [1.165, 1.54) is 4.70 Å². The van der Waals surface area contributed by atoms with Crippen molar-refractivity contribution in [3.63, 3.8) is 0 Å². The molecule has 0 amide bonds. The minimum absolute atomic E-state index is 0.156. The Morgan fingerprint density at radius 3 is 2.67 bits per heavy atom. The molecule has 1 saturated heterocycles. The zero-order valence-corrected chi connectivity index (χ0v) is 15.9. The van der Waals surface area contributed by atoms with Crippen LogP contribution in [0.3, 0.4) is 0 Å². The number of nitrogens with zero attached hydrogens (tertiary/aromatic N) is 2. The summed E-state index contributed by atoms with van der Waals surface area (Å²) in [5.74, 6) is 0.776. The first-order chi connectivity index (χ1) is 11.4. The average Bonchev–Trinajstić information content (AvgIpc) is 2.96. The summed E-state index contributed by atoms with van der Waals surface area (Å²) in [5, 5.41) is 1.08. The van der Waals surface area contributed by atoms with Crippen LogP contribution in [0.1, 0.15) is 26.7 Å². The van der Waals surface area contributed by atoms with Crippen LogP contribution in [0.5, 0.6) is 0 Å². The molecule has 0 aliphatic carbocycles. The Bertz CT molecular complexity index is 745. The Morgan fingerprint density at radius 1 is 1.29 bits per heavy atom. The van der Waals surface area contributed by atoms with Gasteiger partial charge in [0.1, 0.15) is 0 Å². The molecule has 1 aromatic carbocycles. The van der Waals surface area contributed by atoms with E-state index in [1.54, 1.807) is 11.3 Å². The second-order valence-corrected chi connectivity index (χ2v) is 9.78. The number of rotatable bonds is 6. The van der Waals surface area contributed by atoms with Crippen LogP contribution in [0.4, 0.5) is 5.13 Å². The average molecular weight is 368 g/mol. The summed E-state index contributed by atoms with van der Waals surface area (Å²) in [7, 11) is -3.14. The Kier molecular flexibility index (Phi) is 5.42. The molecule has 0 radical (unpaired) electrons. The normalized spacial score (nSPS) is 17.0. The Hall–Kier alpha value is -1.18. The van der Waals surface area contributed by atoms with Gasteiger partial charge >= 0.3 is 0 Å². The van der Waals surface area contributed by atoms with Gasteiger partial charge in [-0.1, -0.05) is 37.3 Å². The molecule has 0 unspecified atom stereocenters. The third kappa shape index (κ3) is 4.46. The van der Waals surface area contributed by atoms with E-state index in [0.29, 0.717) is 12.5 Å². The van der Waals surface area contributed by atoms with Crippen LogP contribution < -0.4 is 9.62 Å². The van der Waals surface area contributed by atoms with Gasteiger partial charge in [-0.25, -0.2) is 18.1 Å². The molecule has 2 aromatic rings. The van der Waals surface area contributed by atoms with Gasteiger partial charge in [0.25, 0.3) is 0 Å². The van der Waals surface area contributed by atoms with Crippen molar-refractivity contribution in [1.29, 1.82) is 0 Å². The minimum Gasteiger partial charge on any atom is -0.348 e. The van der Waals surface area contributed by atoms with Gasteiger partial charge in [-0.2, -0.15) is 0 Å². The monoisotopic (exact) mass is 367 g/mol. The second-order valence-electron chi connectivity index (χ2n) is 6.92. The first-order valence-corrected chi connectivity index (χ1v) is 11.0. The number of aromatic nitrogens is 1. The lowest BCUT2D eigenvalue weighted by atomic mass is 9.97. The molecular formula is C17H25N3O2S2. The SMILES string of the molecule is CC(C)CS(=O)(=O)NCC1CCN(c2nc3ccccc3s2)CC1. The maximum Gasteiger partial charge on any atom is 0.211 e. The molecule has 3 rings (SSSR count). The van der Waals surface area contributed by atoms with Gasteiger partial charge in [0.2, 0.25) is 10.0 Å². The van der Waals surface area contributed by atoms with Crippen molar-refractivity contribution < 1.29 is 8.42 Å². The minimum atomic E-state index is -3.14. The van der Waals surface area contributed by atoms with E-state index >= 15 is 0 Å². The third-order valence-electron chi connectivity index (χ3n) is 4.31. The predicted octanol–water partition coefficient (Wildman–Crippen LogP) is 3.09. The summed E-state index contributed by atoms with van der Waals surface area (Å²) in [6, 6.07) is 8.21. The van der Waals surface area contributed by atoms with Crippen molar-refractivity contribution >= 4 is 36.7 Å². The van der Waals surface area contributed by atoms with Gasteiger partial charge in [0.05, 0.1) is 16.0 Å². The highest BCUT2D eigenvalue weighted by molar-refractivity contribution is 7.89. The zero-order chi connectivity index (χ0) is 17.2. The summed E-state index contributed by atoms with van der Waals surface area (Å²) in [6.45, 7) is 6.29. The quantitative estimate of drug-likeness (QED) is 0.852. The highest BCUT2D eigenvalue weighted by Crippen LogP contribution is 2.31. The molecule has 0 spiro atoms. The molecule has 1 aromatic heterocycles. The first-order valence-electron chi connectivity index (χ1n) is 8.51. The highest BCUT2D eigenvalue weighted by Gasteiger charge is 2.23. The number of thiazole rings is 1. The van der Waals surface area contributed by atoms with E-state index in [9.17, 15) is 8.42 Å². The van der Waals surface area contributed by atoms with Crippen LogP contribution in [0, 0.1) is 11.8 Å². The van der Waals surface area contributed by atoms with Gasteiger partial charge in [0, 0.05) is 19.6 Å². The van der Waals surface area contributed by atoms with Crippen LogP contribution >= 0.6 is 11.3 Å². The smallest absolute Gasteiger partial charge is 0.211 e. The van der Waals surface area contributed by atoms with Crippen molar-refractivity contribution in [3.8, 4) is 0 Å². The summed E-state index contributed by atoms with van der Waals surface area (Å²) >= 11 is 1.73. The molecule has 1 fully saturated rings. The summed E-state index contributed by atoms with van der Waals surface area (Å²) in [5.41, 5.74) is 1.06. The number of para-hydroxylation sites is 1. The van der Waals surface area contributed by atoms with E-state index in [0.717, 1.165) is 36.6 Å². The standard InChI is InChI=1S/C17H25N3O2S2/c1-13(2)12-24(21,22)18-11-14-7-9-20(10-8-14)17-19-15-5-3-4-6-16(15)23-17/h3-6,13-14,18H,7-12H2,1-2H3. The van der Waals surface area contributed by atoms with E-state index < -0.39 is 10.0 Å². The number of anilines is 1. The fourth-order valence-corrected chi connectivity index (χ4v) is 5.57. The lowest BCUT2D eigenvalue weighted by Gasteiger charge is -2.31. The summed E-state index contributed by atoms with van der Waals surface area (Å²) in [6.07, 6.45) is 2.00. The molecule has 132 valence electrons. The van der Waals surface area contributed by atoms with E-state index in [1.807, 2.05) is 32.0 Å². The molecule has 0 atom stereocenters. The van der Waals surface area contributed by atoms with Crippen LogP contribution in [0.25, 0.3) is 10.2 Å². The lowest BCUT2D eigenvalue weighted by molar-refractivity contribution is 0.401. The van der Waals surface area contributed by atoms with E-state index in [4.69, 9.17) is 4.98 Å². The van der Waals surface area contributed by atoms with Crippen LogP contribution in [-0.4, -0.2) is 38.8 Å². The van der Waals surface area contributed by atoms with Crippen molar-refractivity contribution in [2.45, 2.75) is 26.7 Å². The fourth-order valence-electron chi connectivity index (χ4n) is 3.07. The molecule has 24 heavy (non-hydrogen) atoms. The molecular weight excluding hydrogens is 342 g/mol. The Labute approximate surface area is 148 Å². The van der Waals surface area contributed by atoms with Gasteiger partial charge < -0.3 is 4.90 Å². The number of benzene rings is 1. The van der Waals surface area contributed by atoms with Crippen molar-refractivity contribution in [1.82, 2.24) is 9.71 Å². The predicted molar refractivity (Wildman–Crippen MR) is 101 cm³/mol. The molecule has 0 saturated carbocycles. The van der Waals surface area contributed by atoms with Gasteiger partial charge in [-0.15, -0.1) is 0 Å². The zero-order valence-electron chi connectivity index (χ0n) is 14.2. The largest absolute Gasteiger partial charge is 0.348 e. The third-order valence-corrected chi connectivity index (χ3v) is 7.12. The Morgan fingerprint density at radius 2 is 2.00 bits per heavy atom. The number of sulfonamides is 1. The Balaban J connectivity index is 1.52. The van der Waals surface area contributed by atoms with Crippen LogP contribution in [0.2, 0.25) is 0 Å². The lowest BCUT2D eigenvalue weighted by Crippen LogP contribution is -2.39. The number of nitrogens with one attached hydrogen (secondary N) is 1. The summed E-state index contributed by atoms with van der Waals surface area (Å²) < 4.78 is 27.9. The van der Waals surface area contributed by atoms with E-state index in [-0.39, 0.29) is 11.7 Å². The number of fused-ring (bicyclic) bond motifs is 1. The summed E-state index contributed by atoms with van der Waals surface area (Å²) in [4.78, 5) is 7.04. The molecule has 7 heteroatoms. The van der Waals surface area contributed by atoms with Gasteiger partial charge in [-0.05, 0) is 36.8 Å². The van der Waals surface area contributed by atoms with Gasteiger partial charge in [-0.3, -0.25) is 0 Å². The van der Waals surface area contributed by atoms with Crippen molar-refractivity contribution in [3.05, 3.63) is 24.3 Å². The van der Waals surface area contributed by atoms with Gasteiger partial charge in [0.15, 0.2) is 5.13 Å². The first kappa shape index (κ1) is 17.6. The van der Waals surface area contributed by atoms with Crippen molar-refractivity contribution in [2.75, 3.05) is 30.3 Å². The molecule has 1 N–H and O–H groups in total. The maximum absolute atomic E-state index is 11.9. The second kappa shape index (κ2) is 7.37. The van der Waals surface area contributed by atoms with Crippen molar-refractivity contribution in [2.24, 2.45) is 11.8 Å². The van der Waals surface area contributed by atoms with Crippen LogP contribution in [-0.2, 0) is 10.0 Å². The number of piperidine rings is 1. The molecule has 0 bridgehead atoms.